The van der Waals surface area contributed by atoms with Crippen molar-refractivity contribution < 1.29 is 13.5 Å². The van der Waals surface area contributed by atoms with E-state index in [1.807, 2.05) is 6.07 Å². The maximum atomic E-state index is 13.8. The average molecular weight is 524 g/mol. The minimum Gasteiger partial charge on any atom is -0.489 e. The molecule has 0 N–H and O–H groups in total. The number of rotatable bonds is 6. The van der Waals surface area contributed by atoms with E-state index in [2.05, 4.69) is 10.1 Å². The molecule has 6 nitrogen and oxygen atoms in total. The highest BCUT2D eigenvalue weighted by atomic mass is 35.5. The minimum atomic E-state index is -0.329. The van der Waals surface area contributed by atoms with Crippen LogP contribution in [0.25, 0.3) is 33.5 Å². The maximum Gasteiger partial charge on any atom is 0.282 e. The topological polar surface area (TPSA) is 69.6 Å². The van der Waals surface area contributed by atoms with E-state index in [1.54, 1.807) is 91.1 Å². The zero-order valence-corrected chi connectivity index (χ0v) is 20.6. The summed E-state index contributed by atoms with van der Waals surface area (Å²) in [7, 11) is 0. The first-order valence-electron chi connectivity index (χ1n) is 11.8. The number of nitrogens with zero attached hydrogens (tertiary/aromatic N) is 3. The van der Waals surface area contributed by atoms with Crippen LogP contribution in [0, 0.1) is 5.82 Å². The van der Waals surface area contributed by atoms with Gasteiger partial charge in [-0.3, -0.25) is 4.79 Å². The van der Waals surface area contributed by atoms with Crippen LogP contribution in [0.4, 0.5) is 4.39 Å². The van der Waals surface area contributed by atoms with Crippen LogP contribution < -0.4 is 10.3 Å². The van der Waals surface area contributed by atoms with Crippen molar-refractivity contribution >= 4 is 39.7 Å². The van der Waals surface area contributed by atoms with Gasteiger partial charge in [0, 0.05) is 16.0 Å². The van der Waals surface area contributed by atoms with Crippen LogP contribution in [0.15, 0.2) is 111 Å². The van der Waals surface area contributed by atoms with Gasteiger partial charge in [0.1, 0.15) is 23.8 Å². The van der Waals surface area contributed by atoms with E-state index in [0.717, 1.165) is 10.9 Å². The molecule has 0 fully saturated rings. The van der Waals surface area contributed by atoms with Gasteiger partial charge in [-0.2, -0.15) is 9.78 Å². The highest BCUT2D eigenvalue weighted by molar-refractivity contribution is 6.31. The Labute approximate surface area is 221 Å². The molecule has 0 aliphatic rings. The zero-order valence-electron chi connectivity index (χ0n) is 19.8. The molecule has 2 aromatic heterocycles. The zero-order chi connectivity index (χ0) is 26.1. The Morgan fingerprint density at radius 2 is 1.76 bits per heavy atom. The van der Waals surface area contributed by atoms with Gasteiger partial charge in [0.15, 0.2) is 5.76 Å². The van der Waals surface area contributed by atoms with Crippen LogP contribution in [0.3, 0.4) is 0 Å². The lowest BCUT2D eigenvalue weighted by atomic mass is 10.2. The largest absolute Gasteiger partial charge is 0.489 e. The molecule has 0 amide bonds. The number of hydrogen-bond donors (Lipinski definition) is 0. The Balaban J connectivity index is 1.33. The fraction of sp³-hybridized carbons (Fsp3) is 0.0333. The second-order valence-corrected chi connectivity index (χ2v) is 8.99. The molecule has 0 atom stereocenters. The highest BCUT2D eigenvalue weighted by Crippen LogP contribution is 2.29. The first-order valence-corrected chi connectivity index (χ1v) is 12.1. The Hall–Kier alpha value is -4.75. The lowest BCUT2D eigenvalue weighted by Gasteiger charge is -2.08. The van der Waals surface area contributed by atoms with Gasteiger partial charge in [0.25, 0.3) is 5.56 Å². The van der Waals surface area contributed by atoms with Crippen molar-refractivity contribution in [3.8, 4) is 17.3 Å². The third-order valence-corrected chi connectivity index (χ3v) is 6.24. The molecule has 0 spiro atoms. The summed E-state index contributed by atoms with van der Waals surface area (Å²) in [4.78, 5) is 18.1. The fourth-order valence-corrected chi connectivity index (χ4v) is 4.25. The SMILES string of the molecule is O=c1c2ccccc2nc(-c2cc3cc(Cl)ccc3o2)n1N=Cc1ccc(OCc2ccccc2F)cc1. The molecule has 8 heteroatoms. The third kappa shape index (κ3) is 4.67. The molecule has 0 bridgehead atoms. The summed E-state index contributed by atoms with van der Waals surface area (Å²) in [5.41, 5.74) is 2.03. The van der Waals surface area contributed by atoms with Gasteiger partial charge in [-0.1, -0.05) is 41.9 Å². The molecule has 0 saturated carbocycles. The third-order valence-electron chi connectivity index (χ3n) is 6.01. The van der Waals surface area contributed by atoms with E-state index in [4.69, 9.17) is 20.8 Å². The van der Waals surface area contributed by atoms with Gasteiger partial charge >= 0.3 is 0 Å². The summed E-state index contributed by atoms with van der Waals surface area (Å²) >= 11 is 6.13. The number of fused-ring (bicyclic) bond motifs is 2. The van der Waals surface area contributed by atoms with Crippen molar-refractivity contribution in [3.05, 3.63) is 129 Å². The summed E-state index contributed by atoms with van der Waals surface area (Å²) < 4.78 is 26.8. The number of benzene rings is 4. The van der Waals surface area contributed by atoms with Crippen LogP contribution in [-0.2, 0) is 6.61 Å². The van der Waals surface area contributed by atoms with E-state index in [0.29, 0.717) is 38.6 Å². The number of furan rings is 1. The van der Waals surface area contributed by atoms with Gasteiger partial charge in [0.2, 0.25) is 5.82 Å². The summed E-state index contributed by atoms with van der Waals surface area (Å²) in [5, 5.41) is 6.27. The van der Waals surface area contributed by atoms with E-state index >= 15 is 0 Å². The summed E-state index contributed by atoms with van der Waals surface area (Å²) in [6, 6.07) is 27.7. The average Bonchev–Trinajstić information content (AvgIpc) is 3.36. The van der Waals surface area contributed by atoms with E-state index in [1.165, 1.54) is 10.7 Å². The molecule has 4 aromatic carbocycles. The molecule has 2 heterocycles. The maximum absolute atomic E-state index is 13.8. The van der Waals surface area contributed by atoms with Crippen molar-refractivity contribution in [3.63, 3.8) is 0 Å². The molecule has 6 aromatic rings. The lowest BCUT2D eigenvalue weighted by molar-refractivity contribution is 0.300. The first kappa shape index (κ1) is 23.6. The molecular formula is C30H19ClFN3O3. The Morgan fingerprint density at radius 1 is 0.974 bits per heavy atom. The number of aromatic nitrogens is 2. The van der Waals surface area contributed by atoms with E-state index < -0.39 is 0 Å². The van der Waals surface area contributed by atoms with E-state index in [-0.39, 0.29) is 23.8 Å². The number of hydrogen-bond acceptors (Lipinski definition) is 5. The van der Waals surface area contributed by atoms with Crippen LogP contribution >= 0.6 is 11.6 Å². The molecule has 0 saturated heterocycles. The van der Waals surface area contributed by atoms with Crippen molar-refractivity contribution in [1.29, 1.82) is 0 Å². The summed E-state index contributed by atoms with van der Waals surface area (Å²) in [6.45, 7) is 0.115. The Kier molecular flexibility index (Phi) is 6.19. The molecule has 0 radical (unpaired) electrons. The molecule has 0 aliphatic carbocycles. The van der Waals surface area contributed by atoms with Crippen LogP contribution in [0.2, 0.25) is 5.02 Å². The van der Waals surface area contributed by atoms with Crippen LogP contribution in [-0.4, -0.2) is 15.9 Å². The number of ether oxygens (including phenoxy) is 1. The van der Waals surface area contributed by atoms with Crippen molar-refractivity contribution in [2.75, 3.05) is 0 Å². The van der Waals surface area contributed by atoms with Crippen LogP contribution in [0.1, 0.15) is 11.1 Å². The first-order chi connectivity index (χ1) is 18.5. The van der Waals surface area contributed by atoms with Gasteiger partial charge in [0.05, 0.1) is 17.1 Å². The van der Waals surface area contributed by atoms with E-state index in [9.17, 15) is 9.18 Å². The fourth-order valence-electron chi connectivity index (χ4n) is 4.07. The summed E-state index contributed by atoms with van der Waals surface area (Å²) in [5.74, 6) is 0.923. The van der Waals surface area contributed by atoms with Gasteiger partial charge in [-0.05, 0) is 72.3 Å². The van der Waals surface area contributed by atoms with Crippen molar-refractivity contribution in [2.24, 2.45) is 5.10 Å². The quantitative estimate of drug-likeness (QED) is 0.219. The predicted molar refractivity (Wildman–Crippen MR) is 146 cm³/mol. The molecular weight excluding hydrogens is 505 g/mol. The van der Waals surface area contributed by atoms with Crippen molar-refractivity contribution in [1.82, 2.24) is 9.66 Å². The molecule has 6 rings (SSSR count). The number of para-hydroxylation sites is 1. The lowest BCUT2D eigenvalue weighted by Crippen LogP contribution is -2.20. The standard InChI is InChI=1S/C30H19ClFN3O3/c31-22-11-14-27-21(15-22)16-28(38-27)29-34-26-8-4-2-6-24(26)30(36)35(29)33-17-19-9-12-23(13-10-19)37-18-20-5-1-3-7-25(20)32/h1-17H,18H2. The Morgan fingerprint density at radius 3 is 2.61 bits per heavy atom. The van der Waals surface area contributed by atoms with Gasteiger partial charge in [-0.15, -0.1) is 0 Å². The molecule has 0 unspecified atom stereocenters. The monoisotopic (exact) mass is 523 g/mol. The van der Waals surface area contributed by atoms with Gasteiger partial charge < -0.3 is 9.15 Å². The smallest absolute Gasteiger partial charge is 0.282 e. The Bertz CT molecular complexity index is 1880. The molecule has 0 aliphatic heterocycles. The minimum absolute atomic E-state index is 0.115. The number of halogens is 2. The molecule has 186 valence electrons. The second-order valence-electron chi connectivity index (χ2n) is 8.56. The van der Waals surface area contributed by atoms with Crippen molar-refractivity contribution in [2.45, 2.75) is 6.61 Å². The normalized spacial score (nSPS) is 11.5. The summed E-state index contributed by atoms with van der Waals surface area (Å²) in [6.07, 6.45) is 1.56. The molecule has 38 heavy (non-hydrogen) atoms. The predicted octanol–water partition coefficient (Wildman–Crippen LogP) is 7.06. The highest BCUT2D eigenvalue weighted by Gasteiger charge is 2.16. The second kappa shape index (κ2) is 9.95. The van der Waals surface area contributed by atoms with Gasteiger partial charge in [-0.25, -0.2) is 9.37 Å². The van der Waals surface area contributed by atoms with Crippen LogP contribution in [0.5, 0.6) is 5.75 Å².